The van der Waals surface area contributed by atoms with Crippen LogP contribution in [0.15, 0.2) is 43.0 Å². The third kappa shape index (κ3) is 2.96. The van der Waals surface area contributed by atoms with Gasteiger partial charge in [-0.15, -0.1) is 0 Å². The molecule has 1 saturated heterocycles. The lowest BCUT2D eigenvalue weighted by atomic mass is 10.1. The second kappa shape index (κ2) is 6.94. The van der Waals surface area contributed by atoms with Gasteiger partial charge in [-0.3, -0.25) is 9.36 Å². The van der Waals surface area contributed by atoms with Crippen molar-refractivity contribution < 1.29 is 28.9 Å². The molecule has 3 heterocycles. The van der Waals surface area contributed by atoms with Crippen LogP contribution in [0.4, 0.5) is 10.2 Å². The largest absolute Gasteiger partial charge is 0.479 e. The van der Waals surface area contributed by atoms with Crippen LogP contribution in [0.25, 0.3) is 11.2 Å². The van der Waals surface area contributed by atoms with Crippen LogP contribution >= 0.6 is 0 Å². The number of amides is 1. The number of imidazole rings is 1. The van der Waals surface area contributed by atoms with Crippen LogP contribution < -0.4 is 5.32 Å². The van der Waals surface area contributed by atoms with E-state index in [1.54, 1.807) is 30.3 Å². The Kier molecular flexibility index (Phi) is 4.45. The first-order chi connectivity index (χ1) is 13.5. The number of nitrogens with zero attached hydrogens (tertiary/aromatic N) is 4. The molecule has 1 fully saturated rings. The van der Waals surface area contributed by atoms with Gasteiger partial charge in [0.25, 0.3) is 5.91 Å². The van der Waals surface area contributed by atoms with E-state index in [0.29, 0.717) is 5.56 Å². The van der Waals surface area contributed by atoms with E-state index in [1.165, 1.54) is 6.33 Å². The molecule has 4 atom stereocenters. The molecule has 1 aliphatic heterocycles. The van der Waals surface area contributed by atoms with Crippen molar-refractivity contribution in [2.75, 3.05) is 5.32 Å². The fraction of sp³-hybridized carbons (Fsp3) is 0.235. The quantitative estimate of drug-likeness (QED) is 0.596. The molecule has 0 radical (unpaired) electrons. The highest BCUT2D eigenvalue weighted by Gasteiger charge is 2.49. The number of rotatable bonds is 4. The van der Waals surface area contributed by atoms with Crippen LogP contribution in [0, 0.1) is 0 Å². The second-order valence-electron chi connectivity index (χ2n) is 6.09. The summed E-state index contributed by atoms with van der Waals surface area (Å²) in [5.74, 6) is -1.80. The highest BCUT2D eigenvalue weighted by atomic mass is 19.1. The number of carboxylic acid groups (broad SMARTS) is 1. The third-order valence-corrected chi connectivity index (χ3v) is 4.34. The summed E-state index contributed by atoms with van der Waals surface area (Å²) in [6.07, 6.45) is -4.65. The molecule has 1 aliphatic rings. The first kappa shape index (κ1) is 17.9. The van der Waals surface area contributed by atoms with E-state index in [-0.39, 0.29) is 17.0 Å². The molecule has 11 heteroatoms. The fourth-order valence-electron chi connectivity index (χ4n) is 2.96. The average molecular weight is 387 g/mol. The summed E-state index contributed by atoms with van der Waals surface area (Å²) in [7, 11) is 0. The Morgan fingerprint density at radius 2 is 1.93 bits per heavy atom. The minimum absolute atomic E-state index is 0.0985. The molecule has 0 bridgehead atoms. The molecule has 3 N–H and O–H groups in total. The number of anilines is 1. The number of hydrogen-bond acceptors (Lipinski definition) is 7. The molecule has 144 valence electrons. The molecule has 0 aliphatic carbocycles. The number of halogens is 1. The highest BCUT2D eigenvalue weighted by molar-refractivity contribution is 6.06. The first-order valence-electron chi connectivity index (χ1n) is 8.21. The number of ether oxygens (including phenoxy) is 1. The van der Waals surface area contributed by atoms with E-state index in [0.717, 1.165) is 10.9 Å². The van der Waals surface area contributed by atoms with Gasteiger partial charge < -0.3 is 20.3 Å². The number of carboxylic acids is 1. The maximum Gasteiger partial charge on any atom is 0.335 e. The maximum absolute atomic E-state index is 14.4. The summed E-state index contributed by atoms with van der Waals surface area (Å²) in [5.41, 5.74) is 0.684. The van der Waals surface area contributed by atoms with Crippen molar-refractivity contribution in [2.24, 2.45) is 0 Å². The van der Waals surface area contributed by atoms with Gasteiger partial charge in [0.1, 0.15) is 12.4 Å². The first-order valence-corrected chi connectivity index (χ1v) is 8.21. The number of carbonyl (C=O) groups is 2. The van der Waals surface area contributed by atoms with Gasteiger partial charge in [0, 0.05) is 5.56 Å². The fourth-order valence-corrected chi connectivity index (χ4v) is 2.96. The van der Waals surface area contributed by atoms with Gasteiger partial charge in [-0.1, -0.05) is 18.2 Å². The van der Waals surface area contributed by atoms with Crippen molar-refractivity contribution in [3.8, 4) is 0 Å². The topological polar surface area (TPSA) is 139 Å². The SMILES string of the molecule is O=C(Nc1ncnc2c1ncn2C1OC(C(=O)O)[C@@H](O)C1F)c1ccccc1. The van der Waals surface area contributed by atoms with Crippen LogP contribution in [0.1, 0.15) is 16.6 Å². The number of fused-ring (bicyclic) bond motifs is 1. The molecule has 0 saturated carbocycles. The van der Waals surface area contributed by atoms with Crippen LogP contribution in [0.3, 0.4) is 0 Å². The highest BCUT2D eigenvalue weighted by Crippen LogP contribution is 2.34. The Bertz CT molecular complexity index is 1040. The summed E-state index contributed by atoms with van der Waals surface area (Å²) >= 11 is 0. The van der Waals surface area contributed by atoms with Gasteiger partial charge in [0.2, 0.25) is 0 Å². The lowest BCUT2D eigenvalue weighted by molar-refractivity contribution is -0.155. The van der Waals surface area contributed by atoms with Crippen LogP contribution in [-0.2, 0) is 9.53 Å². The minimum Gasteiger partial charge on any atom is -0.479 e. The number of aromatic nitrogens is 4. The molecule has 28 heavy (non-hydrogen) atoms. The summed E-state index contributed by atoms with van der Waals surface area (Å²) < 4.78 is 20.7. The van der Waals surface area contributed by atoms with Crippen molar-refractivity contribution in [1.82, 2.24) is 19.5 Å². The number of benzene rings is 1. The molecular formula is C17H14FN5O5. The minimum atomic E-state index is -2.00. The number of aliphatic hydroxyl groups excluding tert-OH is 1. The smallest absolute Gasteiger partial charge is 0.335 e. The number of aliphatic hydroxyl groups is 1. The average Bonchev–Trinajstić information content (AvgIpc) is 3.25. The number of nitrogens with one attached hydrogen (secondary N) is 1. The number of aliphatic carboxylic acids is 1. The summed E-state index contributed by atoms with van der Waals surface area (Å²) in [6.45, 7) is 0. The molecule has 3 aromatic rings. The van der Waals surface area contributed by atoms with Crippen molar-refractivity contribution in [2.45, 2.75) is 24.6 Å². The Hall–Kier alpha value is -3.44. The number of alkyl halides is 1. The zero-order valence-electron chi connectivity index (χ0n) is 14.1. The Morgan fingerprint density at radius 3 is 2.61 bits per heavy atom. The molecule has 2 aromatic heterocycles. The Labute approximate surface area is 156 Å². The Morgan fingerprint density at radius 1 is 1.18 bits per heavy atom. The standard InChI is InChI=1S/C17H14FN5O5/c18-9-11(24)12(17(26)27)28-16(9)23-7-21-10-13(19-6-20-14(10)23)22-15(25)8-4-2-1-3-5-8/h1-7,9,11-12,16,24H,(H,26,27)(H,19,20,22,25)/t9?,11-,12?,16?/m0/s1. The molecule has 3 unspecified atom stereocenters. The zero-order valence-corrected chi connectivity index (χ0v) is 14.1. The number of carbonyl (C=O) groups excluding carboxylic acids is 1. The van der Waals surface area contributed by atoms with Crippen molar-refractivity contribution in [1.29, 1.82) is 0 Å². The zero-order chi connectivity index (χ0) is 19.8. The van der Waals surface area contributed by atoms with Gasteiger partial charge in [0.05, 0.1) is 6.33 Å². The molecule has 1 aromatic carbocycles. The van der Waals surface area contributed by atoms with E-state index >= 15 is 0 Å². The molecule has 4 rings (SSSR count). The maximum atomic E-state index is 14.4. The van der Waals surface area contributed by atoms with E-state index in [4.69, 9.17) is 9.84 Å². The predicted octanol–water partition coefficient (Wildman–Crippen LogP) is 0.760. The van der Waals surface area contributed by atoms with Gasteiger partial charge >= 0.3 is 5.97 Å². The van der Waals surface area contributed by atoms with Gasteiger partial charge in [-0.25, -0.2) is 24.1 Å². The lowest BCUT2D eigenvalue weighted by Gasteiger charge is -2.14. The second-order valence-corrected chi connectivity index (χ2v) is 6.09. The Balaban J connectivity index is 1.66. The van der Waals surface area contributed by atoms with E-state index in [9.17, 15) is 19.1 Å². The van der Waals surface area contributed by atoms with Gasteiger partial charge in [0.15, 0.2) is 35.5 Å². The van der Waals surface area contributed by atoms with Gasteiger partial charge in [-0.2, -0.15) is 0 Å². The predicted molar refractivity (Wildman–Crippen MR) is 92.2 cm³/mol. The number of hydrogen-bond donors (Lipinski definition) is 3. The summed E-state index contributed by atoms with van der Waals surface area (Å²) in [5, 5.41) is 21.4. The summed E-state index contributed by atoms with van der Waals surface area (Å²) in [6, 6.07) is 8.44. The van der Waals surface area contributed by atoms with Crippen molar-refractivity contribution >= 4 is 28.9 Å². The van der Waals surface area contributed by atoms with Crippen LogP contribution in [0.5, 0.6) is 0 Å². The van der Waals surface area contributed by atoms with E-state index in [1.807, 2.05) is 0 Å². The molecule has 1 amide bonds. The molecular weight excluding hydrogens is 373 g/mol. The molecule has 10 nitrogen and oxygen atoms in total. The summed E-state index contributed by atoms with van der Waals surface area (Å²) in [4.78, 5) is 35.5. The van der Waals surface area contributed by atoms with E-state index in [2.05, 4.69) is 20.3 Å². The molecule has 0 spiro atoms. The normalized spacial score (nSPS) is 24.4. The third-order valence-electron chi connectivity index (χ3n) is 4.34. The lowest BCUT2D eigenvalue weighted by Crippen LogP contribution is -2.34. The monoisotopic (exact) mass is 387 g/mol. The van der Waals surface area contributed by atoms with Crippen molar-refractivity contribution in [3.63, 3.8) is 0 Å². The van der Waals surface area contributed by atoms with Crippen molar-refractivity contribution in [3.05, 3.63) is 48.5 Å². The van der Waals surface area contributed by atoms with E-state index < -0.39 is 36.5 Å². The van der Waals surface area contributed by atoms with Crippen LogP contribution in [-0.4, -0.2) is 60.0 Å². The van der Waals surface area contributed by atoms with Gasteiger partial charge in [-0.05, 0) is 12.1 Å². The van der Waals surface area contributed by atoms with Crippen LogP contribution in [0.2, 0.25) is 0 Å².